The van der Waals surface area contributed by atoms with Gasteiger partial charge in [-0.15, -0.1) is 0 Å². The summed E-state index contributed by atoms with van der Waals surface area (Å²) in [5.41, 5.74) is 1.53. The van der Waals surface area contributed by atoms with E-state index in [1.54, 1.807) is 18.5 Å². The number of pyridine rings is 1. The molecule has 2 heterocycles. The van der Waals surface area contributed by atoms with Crippen molar-refractivity contribution in [1.82, 2.24) is 10.3 Å². The van der Waals surface area contributed by atoms with Crippen LogP contribution in [0.4, 0.5) is 5.69 Å². The van der Waals surface area contributed by atoms with Gasteiger partial charge in [0.2, 0.25) is 11.8 Å². The van der Waals surface area contributed by atoms with Crippen LogP contribution in [0.3, 0.4) is 0 Å². The standard InChI is InChI=1S/C22H23N3O3/c26-21(24-14-18-6-3-13-28-18)16-8-10-17(11-9-16)22(27)25-19-7-1-4-15-5-2-12-23-20(15)19/h1-7,12-13,16-17H,8-11,14H2,(H,24,26)(H,25,27). The van der Waals surface area contributed by atoms with Crippen LogP contribution in [-0.4, -0.2) is 16.8 Å². The van der Waals surface area contributed by atoms with Crippen molar-refractivity contribution in [1.29, 1.82) is 0 Å². The van der Waals surface area contributed by atoms with Gasteiger partial charge in [-0.25, -0.2) is 0 Å². The molecule has 6 heteroatoms. The highest BCUT2D eigenvalue weighted by Gasteiger charge is 2.30. The zero-order valence-corrected chi connectivity index (χ0v) is 15.6. The summed E-state index contributed by atoms with van der Waals surface area (Å²) in [5.74, 6) is 0.664. The Balaban J connectivity index is 1.30. The van der Waals surface area contributed by atoms with Crippen molar-refractivity contribution in [3.8, 4) is 0 Å². The molecule has 4 rings (SSSR count). The first-order valence-corrected chi connectivity index (χ1v) is 9.65. The molecule has 0 radical (unpaired) electrons. The number of fused-ring (bicyclic) bond motifs is 1. The number of para-hydroxylation sites is 1. The van der Waals surface area contributed by atoms with Crippen LogP contribution in [-0.2, 0) is 16.1 Å². The highest BCUT2D eigenvalue weighted by atomic mass is 16.3. The number of rotatable bonds is 5. The molecule has 6 nitrogen and oxygen atoms in total. The minimum atomic E-state index is -0.0758. The van der Waals surface area contributed by atoms with E-state index in [4.69, 9.17) is 4.42 Å². The van der Waals surface area contributed by atoms with Gasteiger partial charge in [0.1, 0.15) is 5.76 Å². The van der Waals surface area contributed by atoms with E-state index in [2.05, 4.69) is 15.6 Å². The normalized spacial score (nSPS) is 19.3. The van der Waals surface area contributed by atoms with Crippen molar-refractivity contribution in [2.45, 2.75) is 32.2 Å². The average molecular weight is 377 g/mol. The van der Waals surface area contributed by atoms with Gasteiger partial charge >= 0.3 is 0 Å². The van der Waals surface area contributed by atoms with Crippen LogP contribution in [0, 0.1) is 11.8 Å². The van der Waals surface area contributed by atoms with E-state index in [0.29, 0.717) is 19.4 Å². The first-order chi connectivity index (χ1) is 13.7. The molecular formula is C22H23N3O3. The summed E-state index contributed by atoms with van der Waals surface area (Å²) in [5, 5.41) is 6.94. The first kappa shape index (κ1) is 18.2. The van der Waals surface area contributed by atoms with Gasteiger partial charge in [-0.1, -0.05) is 18.2 Å². The fourth-order valence-electron chi connectivity index (χ4n) is 3.79. The number of hydrogen-bond acceptors (Lipinski definition) is 4. The highest BCUT2D eigenvalue weighted by Crippen LogP contribution is 2.30. The van der Waals surface area contributed by atoms with Gasteiger partial charge in [0.15, 0.2) is 0 Å². The van der Waals surface area contributed by atoms with Crippen LogP contribution in [0.15, 0.2) is 59.3 Å². The molecule has 0 saturated heterocycles. The number of nitrogens with zero attached hydrogens (tertiary/aromatic N) is 1. The van der Waals surface area contributed by atoms with Crippen LogP contribution in [0.5, 0.6) is 0 Å². The van der Waals surface area contributed by atoms with Crippen LogP contribution >= 0.6 is 0 Å². The summed E-state index contributed by atoms with van der Waals surface area (Å²) in [6.07, 6.45) is 6.18. The van der Waals surface area contributed by atoms with Gasteiger partial charge in [-0.05, 0) is 49.9 Å². The summed E-state index contributed by atoms with van der Waals surface area (Å²) in [4.78, 5) is 29.4. The lowest BCUT2D eigenvalue weighted by Crippen LogP contribution is -2.35. The van der Waals surface area contributed by atoms with Gasteiger partial charge in [-0.2, -0.15) is 0 Å². The quantitative estimate of drug-likeness (QED) is 0.706. The van der Waals surface area contributed by atoms with E-state index in [-0.39, 0.29) is 23.7 Å². The van der Waals surface area contributed by atoms with Crippen LogP contribution < -0.4 is 10.6 Å². The van der Waals surface area contributed by atoms with E-state index in [0.717, 1.165) is 35.2 Å². The van der Waals surface area contributed by atoms with Gasteiger partial charge in [0, 0.05) is 23.4 Å². The third-order valence-electron chi connectivity index (χ3n) is 5.38. The molecule has 2 amide bonds. The molecule has 0 unspecified atom stereocenters. The summed E-state index contributed by atoms with van der Waals surface area (Å²) >= 11 is 0. The van der Waals surface area contributed by atoms with Crippen molar-refractivity contribution in [2.75, 3.05) is 5.32 Å². The van der Waals surface area contributed by atoms with Gasteiger partial charge < -0.3 is 15.1 Å². The first-order valence-electron chi connectivity index (χ1n) is 9.65. The molecule has 3 aromatic rings. The Morgan fingerprint density at radius 3 is 2.46 bits per heavy atom. The summed E-state index contributed by atoms with van der Waals surface area (Å²) < 4.78 is 5.23. The van der Waals surface area contributed by atoms with E-state index in [1.165, 1.54) is 0 Å². The maximum Gasteiger partial charge on any atom is 0.227 e. The number of amides is 2. The molecule has 0 spiro atoms. The lowest BCUT2D eigenvalue weighted by molar-refractivity contribution is -0.128. The molecule has 2 aromatic heterocycles. The molecule has 1 aliphatic rings. The predicted molar refractivity (Wildman–Crippen MR) is 106 cm³/mol. The highest BCUT2D eigenvalue weighted by molar-refractivity contribution is 6.01. The maximum absolute atomic E-state index is 12.7. The number of aromatic nitrogens is 1. The molecular weight excluding hydrogens is 354 g/mol. The van der Waals surface area contributed by atoms with Crippen molar-refractivity contribution < 1.29 is 14.0 Å². The predicted octanol–water partition coefficient (Wildman–Crippen LogP) is 3.89. The van der Waals surface area contributed by atoms with Gasteiger partial charge in [-0.3, -0.25) is 14.6 Å². The summed E-state index contributed by atoms with van der Waals surface area (Å²) in [6, 6.07) is 13.3. The van der Waals surface area contributed by atoms with Gasteiger partial charge in [0.25, 0.3) is 0 Å². The second-order valence-electron chi connectivity index (χ2n) is 7.22. The third-order valence-corrected chi connectivity index (χ3v) is 5.38. The molecule has 1 aromatic carbocycles. The summed E-state index contributed by atoms with van der Waals surface area (Å²) in [7, 11) is 0. The lowest BCUT2D eigenvalue weighted by atomic mass is 9.81. The van der Waals surface area contributed by atoms with Crippen molar-refractivity contribution in [2.24, 2.45) is 11.8 Å². The number of carbonyl (C=O) groups excluding carboxylic acids is 2. The SMILES string of the molecule is O=C(NCc1ccco1)C1CCC(C(=O)Nc2cccc3cccnc23)CC1. The topological polar surface area (TPSA) is 84.2 Å². The molecule has 0 bridgehead atoms. The number of anilines is 1. The fourth-order valence-corrected chi connectivity index (χ4v) is 3.79. The van der Waals surface area contributed by atoms with Crippen molar-refractivity contribution in [3.63, 3.8) is 0 Å². The van der Waals surface area contributed by atoms with Crippen LogP contribution in [0.2, 0.25) is 0 Å². The molecule has 28 heavy (non-hydrogen) atoms. The second-order valence-corrected chi connectivity index (χ2v) is 7.22. The Morgan fingerprint density at radius 1 is 0.964 bits per heavy atom. The van der Waals surface area contributed by atoms with Crippen LogP contribution in [0.25, 0.3) is 10.9 Å². The zero-order valence-electron chi connectivity index (χ0n) is 15.6. The van der Waals surface area contributed by atoms with E-state index in [1.807, 2.05) is 36.4 Å². The zero-order chi connectivity index (χ0) is 19.3. The number of hydrogen-bond donors (Lipinski definition) is 2. The molecule has 0 atom stereocenters. The number of carbonyl (C=O) groups is 2. The maximum atomic E-state index is 12.7. The van der Waals surface area contributed by atoms with E-state index in [9.17, 15) is 9.59 Å². The Kier molecular flexibility index (Phi) is 5.37. The Bertz CT molecular complexity index is 955. The monoisotopic (exact) mass is 377 g/mol. The van der Waals surface area contributed by atoms with Crippen LogP contribution in [0.1, 0.15) is 31.4 Å². The lowest BCUT2D eigenvalue weighted by Gasteiger charge is -2.27. The average Bonchev–Trinajstić information content (AvgIpc) is 3.26. The molecule has 2 N–H and O–H groups in total. The number of benzene rings is 1. The Hall–Kier alpha value is -3.15. The third kappa shape index (κ3) is 4.06. The fraction of sp³-hybridized carbons (Fsp3) is 0.318. The number of furan rings is 1. The summed E-state index contributed by atoms with van der Waals surface area (Å²) in [6.45, 7) is 0.403. The largest absolute Gasteiger partial charge is 0.467 e. The van der Waals surface area contributed by atoms with Crippen molar-refractivity contribution >= 4 is 28.4 Å². The Labute approximate surface area is 163 Å². The Morgan fingerprint density at radius 2 is 1.71 bits per heavy atom. The second kappa shape index (κ2) is 8.25. The molecule has 1 aliphatic carbocycles. The van der Waals surface area contributed by atoms with Gasteiger partial charge in [0.05, 0.1) is 24.0 Å². The van der Waals surface area contributed by atoms with E-state index >= 15 is 0 Å². The molecule has 144 valence electrons. The van der Waals surface area contributed by atoms with Crippen molar-refractivity contribution in [3.05, 3.63) is 60.7 Å². The smallest absolute Gasteiger partial charge is 0.227 e. The molecule has 0 aliphatic heterocycles. The molecule has 1 saturated carbocycles. The minimum absolute atomic E-state index is 0.00703. The number of nitrogens with one attached hydrogen (secondary N) is 2. The molecule has 1 fully saturated rings. The minimum Gasteiger partial charge on any atom is -0.467 e. The van der Waals surface area contributed by atoms with E-state index < -0.39 is 0 Å².